The summed E-state index contributed by atoms with van der Waals surface area (Å²) in [4.78, 5) is 14.0. The highest BCUT2D eigenvalue weighted by Gasteiger charge is 2.30. The summed E-state index contributed by atoms with van der Waals surface area (Å²) in [6.07, 6.45) is 0.940. The van der Waals surface area contributed by atoms with Crippen LogP contribution < -0.4 is 0 Å². The highest BCUT2D eigenvalue weighted by molar-refractivity contribution is 5.83. The van der Waals surface area contributed by atoms with Gasteiger partial charge in [-0.25, -0.2) is 0 Å². The molecular formula is C15H18N2O. The summed E-state index contributed by atoms with van der Waals surface area (Å²) in [5.41, 5.74) is 1.28. The molecule has 2 atom stereocenters. The van der Waals surface area contributed by atoms with Crippen LogP contribution in [0.2, 0.25) is 0 Å². The van der Waals surface area contributed by atoms with Gasteiger partial charge in [-0.2, -0.15) is 5.26 Å². The second-order valence-electron chi connectivity index (χ2n) is 4.87. The molecule has 94 valence electrons. The zero-order valence-electron chi connectivity index (χ0n) is 10.7. The molecule has 1 aliphatic rings. The highest BCUT2D eigenvalue weighted by Crippen LogP contribution is 2.27. The Bertz CT molecular complexity index is 449. The maximum atomic E-state index is 11.7. The van der Waals surface area contributed by atoms with Crippen LogP contribution in [0, 0.1) is 17.2 Å². The van der Waals surface area contributed by atoms with Crippen molar-refractivity contribution >= 4 is 5.78 Å². The number of hydrogen-bond donors (Lipinski definition) is 0. The smallest absolute Gasteiger partial charge is 0.151 e. The van der Waals surface area contributed by atoms with E-state index in [0.717, 1.165) is 19.5 Å². The van der Waals surface area contributed by atoms with E-state index in [1.807, 2.05) is 24.3 Å². The van der Waals surface area contributed by atoms with Gasteiger partial charge in [-0.3, -0.25) is 9.69 Å². The largest absolute Gasteiger partial charge is 0.298 e. The minimum absolute atomic E-state index is 0.0517. The molecule has 3 nitrogen and oxygen atoms in total. The first kappa shape index (κ1) is 12.8. The number of carbonyl (C=O) groups excluding carboxylic acids is 1. The van der Waals surface area contributed by atoms with Gasteiger partial charge >= 0.3 is 0 Å². The van der Waals surface area contributed by atoms with Crippen molar-refractivity contribution in [1.82, 2.24) is 4.90 Å². The number of ketones is 1. The van der Waals surface area contributed by atoms with Gasteiger partial charge in [-0.05, 0) is 25.5 Å². The number of carbonyl (C=O) groups is 1. The van der Waals surface area contributed by atoms with Crippen molar-refractivity contribution in [3.8, 4) is 6.07 Å². The molecule has 0 saturated carbocycles. The lowest BCUT2D eigenvalue weighted by Crippen LogP contribution is -2.26. The van der Waals surface area contributed by atoms with E-state index < -0.39 is 0 Å². The van der Waals surface area contributed by atoms with Gasteiger partial charge in [0.05, 0.1) is 12.5 Å². The van der Waals surface area contributed by atoms with E-state index in [1.165, 1.54) is 5.56 Å². The van der Waals surface area contributed by atoms with Gasteiger partial charge in [0, 0.05) is 18.5 Å². The lowest BCUT2D eigenvalue weighted by molar-refractivity contribution is -0.121. The highest BCUT2D eigenvalue weighted by atomic mass is 16.1. The van der Waals surface area contributed by atoms with E-state index in [-0.39, 0.29) is 18.1 Å². The van der Waals surface area contributed by atoms with E-state index in [4.69, 9.17) is 5.26 Å². The molecule has 0 N–H and O–H groups in total. The number of rotatable bonds is 4. The number of nitrogens with zero attached hydrogens (tertiary/aromatic N) is 2. The summed E-state index contributed by atoms with van der Waals surface area (Å²) in [5.74, 6) is 0.149. The van der Waals surface area contributed by atoms with Gasteiger partial charge in [0.15, 0.2) is 5.78 Å². The Morgan fingerprint density at radius 1 is 1.50 bits per heavy atom. The average Bonchev–Trinajstić information content (AvgIpc) is 2.89. The van der Waals surface area contributed by atoms with Crippen LogP contribution in [0.25, 0.3) is 0 Å². The molecule has 0 unspecified atom stereocenters. The second kappa shape index (κ2) is 5.79. The molecule has 3 heteroatoms. The van der Waals surface area contributed by atoms with E-state index in [1.54, 1.807) is 0 Å². The number of nitriles is 1. The van der Waals surface area contributed by atoms with Crippen molar-refractivity contribution in [3.05, 3.63) is 35.9 Å². The Balaban J connectivity index is 1.97. The van der Waals surface area contributed by atoms with Crippen molar-refractivity contribution in [1.29, 1.82) is 5.26 Å². The first-order valence-electron chi connectivity index (χ1n) is 6.41. The number of likely N-dealkylation sites (tertiary alicyclic amines) is 1. The maximum absolute atomic E-state index is 11.7. The van der Waals surface area contributed by atoms with Crippen LogP contribution in [0.4, 0.5) is 0 Å². The monoisotopic (exact) mass is 242 g/mol. The van der Waals surface area contributed by atoms with Crippen LogP contribution in [-0.2, 0) is 4.79 Å². The molecule has 1 heterocycles. The molecule has 0 spiro atoms. The van der Waals surface area contributed by atoms with Crippen LogP contribution in [-0.4, -0.2) is 23.8 Å². The Hall–Kier alpha value is -1.66. The van der Waals surface area contributed by atoms with Gasteiger partial charge in [0.2, 0.25) is 0 Å². The predicted molar refractivity (Wildman–Crippen MR) is 69.8 cm³/mol. The molecule has 2 rings (SSSR count). The van der Waals surface area contributed by atoms with Crippen LogP contribution >= 0.6 is 0 Å². The van der Waals surface area contributed by atoms with E-state index in [9.17, 15) is 4.79 Å². The molecule has 0 amide bonds. The van der Waals surface area contributed by atoms with Crippen molar-refractivity contribution in [2.75, 3.05) is 13.1 Å². The van der Waals surface area contributed by atoms with Crippen molar-refractivity contribution in [2.24, 2.45) is 5.92 Å². The molecular weight excluding hydrogens is 224 g/mol. The molecule has 0 radical (unpaired) electrons. The Morgan fingerprint density at radius 2 is 2.22 bits per heavy atom. The quantitative estimate of drug-likeness (QED) is 0.815. The van der Waals surface area contributed by atoms with E-state index in [0.29, 0.717) is 6.04 Å². The van der Waals surface area contributed by atoms with E-state index in [2.05, 4.69) is 24.0 Å². The Kier molecular flexibility index (Phi) is 4.11. The number of benzene rings is 1. The molecule has 1 aromatic carbocycles. The molecule has 1 aromatic rings. The lowest BCUT2D eigenvalue weighted by atomic mass is 10.0. The minimum atomic E-state index is 0.0517. The number of hydrogen-bond acceptors (Lipinski definition) is 3. The molecule has 0 bridgehead atoms. The van der Waals surface area contributed by atoms with Crippen molar-refractivity contribution in [2.45, 2.75) is 25.8 Å². The lowest BCUT2D eigenvalue weighted by Gasteiger charge is -2.24. The van der Waals surface area contributed by atoms with Crippen LogP contribution in [0.1, 0.15) is 31.4 Å². The van der Waals surface area contributed by atoms with Crippen LogP contribution in [0.5, 0.6) is 0 Å². The van der Waals surface area contributed by atoms with Gasteiger partial charge < -0.3 is 0 Å². The van der Waals surface area contributed by atoms with Gasteiger partial charge in [-0.1, -0.05) is 30.3 Å². The number of Topliss-reactive ketones (excluding diaryl/α,β-unsaturated/α-hetero) is 1. The fourth-order valence-corrected chi connectivity index (χ4v) is 2.57. The summed E-state index contributed by atoms with van der Waals surface area (Å²) in [5, 5.41) is 8.57. The van der Waals surface area contributed by atoms with Gasteiger partial charge in [-0.15, -0.1) is 0 Å². The normalized spacial score (nSPS) is 21.4. The first-order chi connectivity index (χ1) is 8.72. The third kappa shape index (κ3) is 2.77. The van der Waals surface area contributed by atoms with Crippen LogP contribution in [0.3, 0.4) is 0 Å². The first-order valence-corrected chi connectivity index (χ1v) is 6.41. The predicted octanol–water partition coefficient (Wildman–Crippen LogP) is 2.55. The standard InChI is InChI=1S/C15H18N2O/c1-12(13-5-3-2-4-6-13)17-10-8-14(11-17)15(18)7-9-16/h2-6,12,14H,7-8,10-11H2,1H3/t12-,14-/m0/s1. The zero-order chi connectivity index (χ0) is 13.0. The molecule has 1 aliphatic heterocycles. The molecule has 18 heavy (non-hydrogen) atoms. The molecule has 0 aromatic heterocycles. The minimum Gasteiger partial charge on any atom is -0.298 e. The third-order valence-electron chi connectivity index (χ3n) is 3.76. The van der Waals surface area contributed by atoms with E-state index >= 15 is 0 Å². The summed E-state index contributed by atoms with van der Waals surface area (Å²) in [6, 6.07) is 12.6. The molecule has 1 saturated heterocycles. The Labute approximate surface area is 108 Å². The molecule has 0 aliphatic carbocycles. The fraction of sp³-hybridized carbons (Fsp3) is 0.467. The van der Waals surface area contributed by atoms with Crippen molar-refractivity contribution in [3.63, 3.8) is 0 Å². The van der Waals surface area contributed by atoms with Gasteiger partial charge in [0.25, 0.3) is 0 Å². The molecule has 1 fully saturated rings. The summed E-state index contributed by atoms with van der Waals surface area (Å²) >= 11 is 0. The fourth-order valence-electron chi connectivity index (χ4n) is 2.57. The summed E-state index contributed by atoms with van der Waals surface area (Å²) < 4.78 is 0. The average molecular weight is 242 g/mol. The zero-order valence-corrected chi connectivity index (χ0v) is 10.7. The Morgan fingerprint density at radius 3 is 2.89 bits per heavy atom. The topological polar surface area (TPSA) is 44.1 Å². The summed E-state index contributed by atoms with van der Waals surface area (Å²) in [6.45, 7) is 3.90. The second-order valence-corrected chi connectivity index (χ2v) is 4.87. The van der Waals surface area contributed by atoms with Crippen molar-refractivity contribution < 1.29 is 4.79 Å². The SMILES string of the molecule is C[C@@H](c1ccccc1)N1CC[C@H](C(=O)CC#N)C1. The van der Waals surface area contributed by atoms with Gasteiger partial charge in [0.1, 0.15) is 0 Å². The third-order valence-corrected chi connectivity index (χ3v) is 3.76. The maximum Gasteiger partial charge on any atom is 0.151 e. The van der Waals surface area contributed by atoms with Crippen LogP contribution in [0.15, 0.2) is 30.3 Å². The summed E-state index contributed by atoms with van der Waals surface area (Å²) in [7, 11) is 0.